The molecule has 10 heteroatoms. The van der Waals surface area contributed by atoms with Crippen molar-refractivity contribution in [2.45, 2.75) is 63.3 Å². The van der Waals surface area contributed by atoms with Crippen molar-refractivity contribution in [3.05, 3.63) is 42.1 Å². The number of halogens is 3. The van der Waals surface area contributed by atoms with Crippen molar-refractivity contribution in [3.8, 4) is 11.4 Å². The molecule has 2 aliphatic rings. The molecule has 1 aliphatic heterocycles. The van der Waals surface area contributed by atoms with Crippen LogP contribution in [0, 0.1) is 5.92 Å². The smallest absolute Gasteiger partial charge is 0.416 e. The van der Waals surface area contributed by atoms with E-state index < -0.39 is 17.7 Å². The van der Waals surface area contributed by atoms with E-state index in [4.69, 9.17) is 9.84 Å². The van der Waals surface area contributed by atoms with Crippen molar-refractivity contribution in [2.24, 2.45) is 5.92 Å². The number of piperidine rings is 1. The molecular formula is C26H29F3N4O3. The van der Waals surface area contributed by atoms with E-state index in [1.54, 1.807) is 6.20 Å². The number of carbonyl (C=O) groups is 1. The third-order valence-corrected chi connectivity index (χ3v) is 7.24. The van der Waals surface area contributed by atoms with E-state index in [1.807, 2.05) is 12.1 Å². The van der Waals surface area contributed by atoms with E-state index in [0.717, 1.165) is 69.6 Å². The zero-order chi connectivity index (χ0) is 25.3. The normalized spacial score (nSPS) is 21.7. The maximum absolute atomic E-state index is 13.0. The van der Waals surface area contributed by atoms with E-state index in [2.05, 4.69) is 19.9 Å². The van der Waals surface area contributed by atoms with Gasteiger partial charge in [0.05, 0.1) is 28.8 Å². The minimum atomic E-state index is -4.40. The summed E-state index contributed by atoms with van der Waals surface area (Å²) in [5.41, 5.74) is 0.804. The van der Waals surface area contributed by atoms with Crippen molar-refractivity contribution in [2.75, 3.05) is 18.0 Å². The first-order valence-electron chi connectivity index (χ1n) is 12.4. The Hall–Kier alpha value is -3.14. The van der Waals surface area contributed by atoms with Crippen molar-refractivity contribution >= 4 is 22.8 Å². The Kier molecular flexibility index (Phi) is 6.87. The summed E-state index contributed by atoms with van der Waals surface area (Å²) >= 11 is 0. The number of nitrogens with one attached hydrogen (secondary N) is 1. The zero-order valence-electron chi connectivity index (χ0n) is 19.8. The fourth-order valence-electron chi connectivity index (χ4n) is 5.25. The van der Waals surface area contributed by atoms with Crippen LogP contribution in [0.2, 0.25) is 0 Å². The third kappa shape index (κ3) is 5.64. The van der Waals surface area contributed by atoms with E-state index in [0.29, 0.717) is 22.4 Å². The van der Waals surface area contributed by atoms with E-state index >= 15 is 0 Å². The number of aromatic amines is 1. The Labute approximate surface area is 206 Å². The standard InChI is InChI=1S/C26H29F3N4O3/c27-26(28,29)18-4-7-21-22(14-18)32-25(31-21)17-3-8-23(30-15-17)33-11-9-20(10-12-33)36-19-5-1-16(2-6-19)13-24(34)35/h3-4,7-8,14-16,19-20H,1-2,5-6,9-13H2,(H,31,32)(H,34,35)/t16-,19+. The van der Waals surface area contributed by atoms with Gasteiger partial charge >= 0.3 is 12.1 Å². The summed E-state index contributed by atoms with van der Waals surface area (Å²) in [5.74, 6) is 0.885. The number of alkyl halides is 3. The first kappa shape index (κ1) is 24.5. The molecule has 0 amide bonds. The Bertz CT molecular complexity index is 1200. The van der Waals surface area contributed by atoms with Gasteiger partial charge in [0.15, 0.2) is 0 Å². The lowest BCUT2D eigenvalue weighted by atomic mass is 9.85. The number of imidazole rings is 1. The topological polar surface area (TPSA) is 91.3 Å². The fourth-order valence-corrected chi connectivity index (χ4v) is 5.25. The molecule has 0 unspecified atom stereocenters. The van der Waals surface area contributed by atoms with Crippen molar-refractivity contribution in [1.82, 2.24) is 15.0 Å². The van der Waals surface area contributed by atoms with Crippen LogP contribution in [0.15, 0.2) is 36.5 Å². The monoisotopic (exact) mass is 502 g/mol. The maximum atomic E-state index is 13.0. The molecule has 1 saturated carbocycles. The number of rotatable bonds is 6. The van der Waals surface area contributed by atoms with Crippen LogP contribution in [0.4, 0.5) is 19.0 Å². The lowest BCUT2D eigenvalue weighted by molar-refractivity contribution is -0.139. The lowest BCUT2D eigenvalue weighted by Crippen LogP contribution is -2.39. The molecule has 1 aromatic carbocycles. The number of carboxylic acids is 1. The first-order valence-corrected chi connectivity index (χ1v) is 12.4. The minimum absolute atomic E-state index is 0.207. The molecule has 0 radical (unpaired) electrons. The van der Waals surface area contributed by atoms with Crippen molar-refractivity contribution < 1.29 is 27.8 Å². The number of aromatic nitrogens is 3. The summed E-state index contributed by atoms with van der Waals surface area (Å²) < 4.78 is 45.3. The van der Waals surface area contributed by atoms with Gasteiger partial charge in [-0.1, -0.05) is 0 Å². The van der Waals surface area contributed by atoms with Gasteiger partial charge in [0.1, 0.15) is 11.6 Å². The quantitative estimate of drug-likeness (QED) is 0.452. The van der Waals surface area contributed by atoms with Crippen LogP contribution in [-0.2, 0) is 15.7 Å². The number of fused-ring (bicyclic) bond motifs is 1. The summed E-state index contributed by atoms with van der Waals surface area (Å²) in [5, 5.41) is 8.97. The first-order chi connectivity index (χ1) is 17.2. The molecule has 0 atom stereocenters. The fraction of sp³-hybridized carbons (Fsp3) is 0.500. The van der Waals surface area contributed by atoms with Gasteiger partial charge in [0, 0.05) is 31.3 Å². The molecule has 192 valence electrons. The van der Waals surface area contributed by atoms with Crippen LogP contribution < -0.4 is 4.90 Å². The number of pyridine rings is 1. The summed E-state index contributed by atoms with van der Waals surface area (Å²) in [6.07, 6.45) is 3.49. The molecule has 2 fully saturated rings. The van der Waals surface area contributed by atoms with E-state index in [-0.39, 0.29) is 24.5 Å². The number of aliphatic carboxylic acids is 1. The Morgan fingerprint density at radius 1 is 1.06 bits per heavy atom. The predicted octanol–water partition coefficient (Wildman–Crippen LogP) is 5.66. The molecule has 1 saturated heterocycles. The number of anilines is 1. The minimum Gasteiger partial charge on any atom is -0.481 e. The summed E-state index contributed by atoms with van der Waals surface area (Å²) in [4.78, 5) is 25.1. The molecule has 36 heavy (non-hydrogen) atoms. The molecule has 0 bridgehead atoms. The van der Waals surface area contributed by atoms with Gasteiger partial charge in [0.2, 0.25) is 0 Å². The average molecular weight is 503 g/mol. The van der Waals surface area contributed by atoms with Crippen LogP contribution in [0.25, 0.3) is 22.4 Å². The van der Waals surface area contributed by atoms with Gasteiger partial charge in [-0.2, -0.15) is 13.2 Å². The number of nitrogens with zero attached hydrogens (tertiary/aromatic N) is 3. The molecule has 2 N–H and O–H groups in total. The van der Waals surface area contributed by atoms with Gasteiger partial charge in [-0.3, -0.25) is 4.79 Å². The molecule has 3 heterocycles. The number of ether oxygens (including phenoxy) is 1. The molecule has 1 aliphatic carbocycles. The SMILES string of the molecule is O=C(O)C[C@H]1CC[C@@H](OC2CCN(c3ccc(-c4nc5ccc(C(F)(F)F)cc5[nH]4)cn3)CC2)CC1. The van der Waals surface area contributed by atoms with Gasteiger partial charge < -0.3 is 19.7 Å². The molecule has 3 aromatic rings. The zero-order valence-corrected chi connectivity index (χ0v) is 19.8. The van der Waals surface area contributed by atoms with E-state index in [9.17, 15) is 18.0 Å². The van der Waals surface area contributed by atoms with Gasteiger partial charge in [-0.05, 0) is 74.8 Å². The van der Waals surface area contributed by atoms with Crippen LogP contribution in [0.3, 0.4) is 0 Å². The molecule has 7 nitrogen and oxygen atoms in total. The molecule has 2 aromatic heterocycles. The van der Waals surface area contributed by atoms with Gasteiger partial charge in [0.25, 0.3) is 0 Å². The summed E-state index contributed by atoms with van der Waals surface area (Å²) in [6, 6.07) is 7.26. The molecule has 0 spiro atoms. The van der Waals surface area contributed by atoms with Gasteiger partial charge in [-0.25, -0.2) is 9.97 Å². The van der Waals surface area contributed by atoms with Crippen LogP contribution >= 0.6 is 0 Å². The lowest BCUT2D eigenvalue weighted by Gasteiger charge is -2.36. The Balaban J connectivity index is 1.14. The average Bonchev–Trinajstić information content (AvgIpc) is 3.29. The second kappa shape index (κ2) is 10.1. The number of benzene rings is 1. The third-order valence-electron chi connectivity index (χ3n) is 7.24. The number of carboxylic acid groups (broad SMARTS) is 1. The predicted molar refractivity (Wildman–Crippen MR) is 129 cm³/mol. The maximum Gasteiger partial charge on any atom is 0.416 e. The number of hydrogen-bond donors (Lipinski definition) is 2. The van der Waals surface area contributed by atoms with Crippen molar-refractivity contribution in [3.63, 3.8) is 0 Å². The summed E-state index contributed by atoms with van der Waals surface area (Å²) in [7, 11) is 0. The van der Waals surface area contributed by atoms with Crippen LogP contribution in [0.5, 0.6) is 0 Å². The number of hydrogen-bond acceptors (Lipinski definition) is 5. The van der Waals surface area contributed by atoms with Crippen LogP contribution in [0.1, 0.15) is 50.5 Å². The highest BCUT2D eigenvalue weighted by Crippen LogP contribution is 2.33. The largest absolute Gasteiger partial charge is 0.481 e. The van der Waals surface area contributed by atoms with E-state index in [1.165, 1.54) is 6.07 Å². The van der Waals surface area contributed by atoms with Gasteiger partial charge in [-0.15, -0.1) is 0 Å². The second-order valence-corrected chi connectivity index (χ2v) is 9.78. The number of H-pyrrole nitrogens is 1. The highest BCUT2D eigenvalue weighted by atomic mass is 19.4. The highest BCUT2D eigenvalue weighted by molar-refractivity contribution is 5.80. The van der Waals surface area contributed by atoms with Crippen LogP contribution in [-0.4, -0.2) is 51.3 Å². The Morgan fingerprint density at radius 2 is 1.78 bits per heavy atom. The summed E-state index contributed by atoms with van der Waals surface area (Å²) in [6.45, 7) is 1.66. The highest BCUT2D eigenvalue weighted by Gasteiger charge is 2.31. The Morgan fingerprint density at radius 3 is 2.42 bits per heavy atom. The van der Waals surface area contributed by atoms with Crippen molar-refractivity contribution in [1.29, 1.82) is 0 Å². The molecule has 5 rings (SSSR count). The molecular weight excluding hydrogens is 473 g/mol. The second-order valence-electron chi connectivity index (χ2n) is 9.78.